The van der Waals surface area contributed by atoms with Gasteiger partial charge in [-0.05, 0) is 44.7 Å². The van der Waals surface area contributed by atoms with Crippen LogP contribution in [-0.4, -0.2) is 36.6 Å². The van der Waals surface area contributed by atoms with Gasteiger partial charge in [-0.1, -0.05) is 32.1 Å². The molecule has 3 aliphatic rings. The molecule has 0 spiro atoms. The molecule has 3 fully saturated rings. The average molecular weight is 236 g/mol. The summed E-state index contributed by atoms with van der Waals surface area (Å²) in [6.45, 7) is 4.00. The van der Waals surface area contributed by atoms with E-state index in [-0.39, 0.29) is 0 Å². The summed E-state index contributed by atoms with van der Waals surface area (Å²) in [6.07, 6.45) is 13.2. The van der Waals surface area contributed by atoms with E-state index in [1.54, 1.807) is 0 Å². The molecule has 0 aromatic rings. The zero-order chi connectivity index (χ0) is 11.5. The first-order valence-corrected chi connectivity index (χ1v) is 7.91. The minimum Gasteiger partial charge on any atom is -0.312 e. The third kappa shape index (κ3) is 2.85. The van der Waals surface area contributed by atoms with Crippen molar-refractivity contribution >= 4 is 0 Å². The second kappa shape index (κ2) is 5.71. The molecular formula is C15H28N2. The van der Waals surface area contributed by atoms with E-state index in [2.05, 4.69) is 10.2 Å². The molecule has 2 heteroatoms. The molecule has 0 aromatic heterocycles. The molecule has 1 aliphatic carbocycles. The predicted octanol–water partition coefficient (Wildman–Crippen LogP) is 2.78. The van der Waals surface area contributed by atoms with Gasteiger partial charge in [-0.2, -0.15) is 0 Å². The summed E-state index contributed by atoms with van der Waals surface area (Å²) in [6, 6.07) is 1.71. The van der Waals surface area contributed by atoms with Crippen molar-refractivity contribution in [3.63, 3.8) is 0 Å². The summed E-state index contributed by atoms with van der Waals surface area (Å²) in [4.78, 5) is 2.71. The van der Waals surface area contributed by atoms with Gasteiger partial charge in [-0.15, -0.1) is 0 Å². The Kier molecular flexibility index (Phi) is 4.02. The van der Waals surface area contributed by atoms with Crippen molar-refractivity contribution in [2.45, 2.75) is 69.9 Å². The van der Waals surface area contributed by atoms with Gasteiger partial charge >= 0.3 is 0 Å². The highest BCUT2D eigenvalue weighted by Gasteiger charge is 2.36. The second-order valence-corrected chi connectivity index (χ2v) is 6.39. The van der Waals surface area contributed by atoms with Crippen molar-refractivity contribution in [3.8, 4) is 0 Å². The van der Waals surface area contributed by atoms with Crippen LogP contribution in [0.25, 0.3) is 0 Å². The Hall–Kier alpha value is -0.0800. The lowest BCUT2D eigenvalue weighted by molar-refractivity contribution is 0.288. The van der Waals surface area contributed by atoms with Crippen LogP contribution in [0.3, 0.4) is 0 Å². The maximum absolute atomic E-state index is 3.86. The van der Waals surface area contributed by atoms with Crippen LogP contribution >= 0.6 is 0 Å². The smallest absolute Gasteiger partial charge is 0.0250 e. The molecule has 2 aliphatic heterocycles. The van der Waals surface area contributed by atoms with E-state index in [1.165, 1.54) is 77.4 Å². The fourth-order valence-electron chi connectivity index (χ4n) is 4.27. The second-order valence-electron chi connectivity index (χ2n) is 6.39. The van der Waals surface area contributed by atoms with Gasteiger partial charge in [0.15, 0.2) is 0 Å². The van der Waals surface area contributed by atoms with Crippen LogP contribution in [0, 0.1) is 5.92 Å². The lowest BCUT2D eigenvalue weighted by Gasteiger charge is -2.24. The standard InChI is InChI=1S/C15H28N2/c1-2-5-13(6-3-1)8-10-16-14-9-12-17-11-4-7-15(14)17/h13-16H,1-12H2. The lowest BCUT2D eigenvalue weighted by atomic mass is 9.87. The molecule has 2 unspecified atom stereocenters. The van der Waals surface area contributed by atoms with Gasteiger partial charge < -0.3 is 5.32 Å². The zero-order valence-electron chi connectivity index (χ0n) is 11.2. The van der Waals surface area contributed by atoms with E-state index in [1.807, 2.05) is 0 Å². The van der Waals surface area contributed by atoms with Crippen LogP contribution in [0.1, 0.15) is 57.8 Å². The van der Waals surface area contributed by atoms with E-state index >= 15 is 0 Å². The number of nitrogens with zero attached hydrogens (tertiary/aromatic N) is 1. The Morgan fingerprint density at radius 1 is 0.882 bits per heavy atom. The largest absolute Gasteiger partial charge is 0.312 e. The van der Waals surface area contributed by atoms with Gasteiger partial charge in [0.25, 0.3) is 0 Å². The Morgan fingerprint density at radius 2 is 1.76 bits per heavy atom. The molecule has 2 heterocycles. The number of nitrogens with one attached hydrogen (secondary N) is 1. The van der Waals surface area contributed by atoms with E-state index in [4.69, 9.17) is 0 Å². The first-order chi connectivity index (χ1) is 8.43. The number of rotatable bonds is 4. The molecule has 0 amide bonds. The van der Waals surface area contributed by atoms with E-state index in [0.717, 1.165) is 18.0 Å². The minimum absolute atomic E-state index is 0.820. The normalized spacial score (nSPS) is 35.3. The summed E-state index contributed by atoms with van der Waals surface area (Å²) >= 11 is 0. The van der Waals surface area contributed by atoms with Crippen LogP contribution in [0.2, 0.25) is 0 Å². The fourth-order valence-corrected chi connectivity index (χ4v) is 4.27. The summed E-state index contributed by atoms with van der Waals surface area (Å²) in [5.74, 6) is 1.04. The molecule has 2 atom stereocenters. The molecule has 3 rings (SSSR count). The first kappa shape index (κ1) is 12.0. The summed E-state index contributed by atoms with van der Waals surface area (Å²) in [7, 11) is 0. The minimum atomic E-state index is 0.820. The highest BCUT2D eigenvalue weighted by atomic mass is 15.2. The van der Waals surface area contributed by atoms with Gasteiger partial charge in [-0.25, -0.2) is 0 Å². The SMILES string of the molecule is C1CCC(CCNC2CCN3CCCC23)CC1. The number of hydrogen-bond acceptors (Lipinski definition) is 2. The van der Waals surface area contributed by atoms with Gasteiger partial charge in [0, 0.05) is 18.6 Å². The van der Waals surface area contributed by atoms with Crippen molar-refractivity contribution in [1.29, 1.82) is 0 Å². The quantitative estimate of drug-likeness (QED) is 0.807. The Morgan fingerprint density at radius 3 is 2.65 bits per heavy atom. The number of fused-ring (bicyclic) bond motifs is 1. The van der Waals surface area contributed by atoms with Crippen molar-refractivity contribution in [2.24, 2.45) is 5.92 Å². The molecule has 0 radical (unpaired) electrons. The third-order valence-corrected chi connectivity index (χ3v) is 5.29. The van der Waals surface area contributed by atoms with Crippen LogP contribution in [0.4, 0.5) is 0 Å². The maximum Gasteiger partial charge on any atom is 0.0250 e. The Bertz CT molecular complexity index is 235. The van der Waals surface area contributed by atoms with Gasteiger partial charge in [0.2, 0.25) is 0 Å². The van der Waals surface area contributed by atoms with Gasteiger partial charge in [0.05, 0.1) is 0 Å². The first-order valence-electron chi connectivity index (χ1n) is 7.91. The average Bonchev–Trinajstić information content (AvgIpc) is 2.95. The maximum atomic E-state index is 3.86. The van der Waals surface area contributed by atoms with E-state index in [0.29, 0.717) is 0 Å². The molecule has 1 saturated carbocycles. The Labute approximate surface area is 106 Å². The predicted molar refractivity (Wildman–Crippen MR) is 72.2 cm³/mol. The highest BCUT2D eigenvalue weighted by molar-refractivity contribution is 4.95. The van der Waals surface area contributed by atoms with Crippen LogP contribution in [0.5, 0.6) is 0 Å². The molecule has 0 bridgehead atoms. The van der Waals surface area contributed by atoms with E-state index < -0.39 is 0 Å². The number of hydrogen-bond donors (Lipinski definition) is 1. The van der Waals surface area contributed by atoms with Crippen molar-refractivity contribution < 1.29 is 0 Å². The van der Waals surface area contributed by atoms with Crippen molar-refractivity contribution in [1.82, 2.24) is 10.2 Å². The van der Waals surface area contributed by atoms with Crippen molar-refractivity contribution in [2.75, 3.05) is 19.6 Å². The topological polar surface area (TPSA) is 15.3 Å². The summed E-state index contributed by atoms with van der Waals surface area (Å²) < 4.78 is 0. The highest BCUT2D eigenvalue weighted by Crippen LogP contribution is 2.29. The lowest BCUT2D eigenvalue weighted by Crippen LogP contribution is -2.39. The summed E-state index contributed by atoms with van der Waals surface area (Å²) in [5.41, 5.74) is 0. The third-order valence-electron chi connectivity index (χ3n) is 5.29. The molecule has 0 aromatic carbocycles. The van der Waals surface area contributed by atoms with Gasteiger partial charge in [0.1, 0.15) is 0 Å². The van der Waals surface area contributed by atoms with E-state index in [9.17, 15) is 0 Å². The van der Waals surface area contributed by atoms with Gasteiger partial charge in [-0.3, -0.25) is 4.90 Å². The molecule has 1 N–H and O–H groups in total. The molecule has 2 saturated heterocycles. The van der Waals surface area contributed by atoms with Crippen LogP contribution in [0.15, 0.2) is 0 Å². The zero-order valence-corrected chi connectivity index (χ0v) is 11.2. The molecule has 98 valence electrons. The monoisotopic (exact) mass is 236 g/mol. The fraction of sp³-hybridized carbons (Fsp3) is 1.00. The summed E-state index contributed by atoms with van der Waals surface area (Å²) in [5, 5.41) is 3.86. The molecule has 17 heavy (non-hydrogen) atoms. The van der Waals surface area contributed by atoms with Crippen LogP contribution < -0.4 is 5.32 Å². The van der Waals surface area contributed by atoms with Crippen molar-refractivity contribution in [3.05, 3.63) is 0 Å². The van der Waals surface area contributed by atoms with Crippen LogP contribution in [-0.2, 0) is 0 Å². The molecule has 2 nitrogen and oxygen atoms in total. The molecular weight excluding hydrogens is 208 g/mol. The Balaban J connectivity index is 1.36.